The Morgan fingerprint density at radius 2 is 1.82 bits per heavy atom. The van der Waals surface area contributed by atoms with Gasteiger partial charge >= 0.3 is 0 Å². The number of fused-ring (bicyclic) bond motifs is 1. The van der Waals surface area contributed by atoms with Crippen LogP contribution in [-0.2, 0) is 0 Å². The van der Waals surface area contributed by atoms with Gasteiger partial charge in [-0.25, -0.2) is 9.37 Å². The minimum Gasteiger partial charge on any atom is -0.345 e. The SMILES string of the molecule is Cc1noc2nc(-c3ccc(F)cc3)cc(C(=O)N[C@H](C)c3ccccc3)c12. The van der Waals surface area contributed by atoms with Crippen LogP contribution >= 0.6 is 0 Å². The van der Waals surface area contributed by atoms with Crippen LogP contribution < -0.4 is 5.32 Å². The summed E-state index contributed by atoms with van der Waals surface area (Å²) in [5, 5.41) is 7.53. The summed E-state index contributed by atoms with van der Waals surface area (Å²) in [5.41, 5.74) is 3.49. The van der Waals surface area contributed by atoms with Gasteiger partial charge in [0, 0.05) is 5.56 Å². The molecule has 0 unspecified atom stereocenters. The first kappa shape index (κ1) is 17.9. The lowest BCUT2D eigenvalue weighted by molar-refractivity contribution is 0.0941. The minimum absolute atomic E-state index is 0.175. The van der Waals surface area contributed by atoms with Gasteiger partial charge in [-0.15, -0.1) is 0 Å². The van der Waals surface area contributed by atoms with E-state index >= 15 is 0 Å². The number of carbonyl (C=O) groups excluding carboxylic acids is 1. The zero-order chi connectivity index (χ0) is 19.7. The van der Waals surface area contributed by atoms with Gasteiger partial charge < -0.3 is 9.84 Å². The number of amides is 1. The van der Waals surface area contributed by atoms with Crippen molar-refractivity contribution in [3.8, 4) is 11.3 Å². The molecule has 6 heteroatoms. The van der Waals surface area contributed by atoms with E-state index in [0.29, 0.717) is 27.9 Å². The summed E-state index contributed by atoms with van der Waals surface area (Å²) in [6.45, 7) is 3.69. The molecule has 1 amide bonds. The fraction of sp³-hybridized carbons (Fsp3) is 0.136. The molecular formula is C22H18FN3O2. The fourth-order valence-electron chi connectivity index (χ4n) is 3.14. The molecule has 2 heterocycles. The lowest BCUT2D eigenvalue weighted by atomic mass is 10.0. The third kappa shape index (κ3) is 3.36. The van der Waals surface area contributed by atoms with E-state index in [-0.39, 0.29) is 23.5 Å². The van der Waals surface area contributed by atoms with Crippen LogP contribution in [0.3, 0.4) is 0 Å². The predicted octanol–water partition coefficient (Wildman–Crippen LogP) is 4.83. The molecule has 1 N–H and O–H groups in total. The molecule has 4 aromatic rings. The van der Waals surface area contributed by atoms with E-state index < -0.39 is 0 Å². The second kappa shape index (κ2) is 7.23. The van der Waals surface area contributed by atoms with Gasteiger partial charge in [-0.3, -0.25) is 4.79 Å². The first-order valence-corrected chi connectivity index (χ1v) is 8.91. The fourth-order valence-corrected chi connectivity index (χ4v) is 3.14. The summed E-state index contributed by atoms with van der Waals surface area (Å²) in [4.78, 5) is 17.5. The lowest BCUT2D eigenvalue weighted by Gasteiger charge is -2.15. The second-order valence-corrected chi connectivity index (χ2v) is 6.62. The molecule has 1 atom stereocenters. The highest BCUT2D eigenvalue weighted by Crippen LogP contribution is 2.27. The summed E-state index contributed by atoms with van der Waals surface area (Å²) in [7, 11) is 0. The number of nitrogens with zero attached hydrogens (tertiary/aromatic N) is 2. The molecule has 0 radical (unpaired) electrons. The molecule has 0 saturated carbocycles. The average molecular weight is 375 g/mol. The maximum absolute atomic E-state index is 13.3. The first-order valence-electron chi connectivity index (χ1n) is 8.91. The second-order valence-electron chi connectivity index (χ2n) is 6.62. The molecule has 0 fully saturated rings. The van der Waals surface area contributed by atoms with Crippen LogP contribution in [0.5, 0.6) is 0 Å². The quantitative estimate of drug-likeness (QED) is 0.555. The molecule has 0 bridgehead atoms. The number of halogens is 1. The number of benzene rings is 2. The monoisotopic (exact) mass is 375 g/mol. The van der Waals surface area contributed by atoms with E-state index in [9.17, 15) is 9.18 Å². The maximum atomic E-state index is 13.3. The summed E-state index contributed by atoms with van der Waals surface area (Å²) in [6, 6.07) is 17.1. The van der Waals surface area contributed by atoms with E-state index in [2.05, 4.69) is 15.5 Å². The largest absolute Gasteiger partial charge is 0.345 e. The van der Waals surface area contributed by atoms with Crippen molar-refractivity contribution in [1.82, 2.24) is 15.5 Å². The minimum atomic E-state index is -0.338. The standard InChI is InChI=1S/C22H18FN3O2/c1-13(15-6-4-3-5-7-15)24-21(27)18-12-19(16-8-10-17(23)11-9-16)25-22-20(18)14(2)26-28-22/h3-13H,1-2H3,(H,24,27)/t13-/m1/s1. The van der Waals surface area contributed by atoms with Crippen LogP contribution in [0.25, 0.3) is 22.4 Å². The van der Waals surface area contributed by atoms with E-state index in [4.69, 9.17) is 4.52 Å². The highest BCUT2D eigenvalue weighted by molar-refractivity contribution is 6.07. The van der Waals surface area contributed by atoms with Gasteiger partial charge in [-0.2, -0.15) is 0 Å². The van der Waals surface area contributed by atoms with Crippen LogP contribution in [0.4, 0.5) is 4.39 Å². The molecule has 28 heavy (non-hydrogen) atoms. The van der Waals surface area contributed by atoms with Crippen molar-refractivity contribution < 1.29 is 13.7 Å². The van der Waals surface area contributed by atoms with Gasteiger partial charge in [0.15, 0.2) is 0 Å². The Morgan fingerprint density at radius 3 is 2.54 bits per heavy atom. The van der Waals surface area contributed by atoms with Crippen LogP contribution in [0.2, 0.25) is 0 Å². The Morgan fingerprint density at radius 1 is 1.11 bits per heavy atom. The van der Waals surface area contributed by atoms with Gasteiger partial charge in [0.05, 0.1) is 28.4 Å². The lowest BCUT2D eigenvalue weighted by Crippen LogP contribution is -2.27. The van der Waals surface area contributed by atoms with Crippen molar-refractivity contribution in [1.29, 1.82) is 0 Å². The molecule has 2 aromatic heterocycles. The van der Waals surface area contributed by atoms with E-state index in [1.54, 1.807) is 25.1 Å². The van der Waals surface area contributed by atoms with Crippen molar-refractivity contribution in [2.45, 2.75) is 19.9 Å². The van der Waals surface area contributed by atoms with Crippen LogP contribution in [0, 0.1) is 12.7 Å². The molecule has 2 aromatic carbocycles. The Bertz CT molecular complexity index is 1140. The van der Waals surface area contributed by atoms with Crippen molar-refractivity contribution in [2.24, 2.45) is 0 Å². The van der Waals surface area contributed by atoms with Crippen LogP contribution in [-0.4, -0.2) is 16.0 Å². The molecule has 5 nitrogen and oxygen atoms in total. The van der Waals surface area contributed by atoms with Gasteiger partial charge in [0.25, 0.3) is 11.6 Å². The van der Waals surface area contributed by atoms with Gasteiger partial charge in [0.2, 0.25) is 0 Å². The number of pyridine rings is 1. The zero-order valence-electron chi connectivity index (χ0n) is 15.4. The van der Waals surface area contributed by atoms with Crippen molar-refractivity contribution in [3.63, 3.8) is 0 Å². The molecule has 0 saturated heterocycles. The number of rotatable bonds is 4. The molecule has 0 aliphatic heterocycles. The van der Waals surface area contributed by atoms with E-state index in [0.717, 1.165) is 5.56 Å². The van der Waals surface area contributed by atoms with Crippen molar-refractivity contribution in [2.75, 3.05) is 0 Å². The third-order valence-corrected chi connectivity index (χ3v) is 4.65. The van der Waals surface area contributed by atoms with Crippen LogP contribution in [0.15, 0.2) is 65.2 Å². The molecule has 0 spiro atoms. The molecule has 4 rings (SSSR count). The summed E-state index contributed by atoms with van der Waals surface area (Å²) >= 11 is 0. The highest BCUT2D eigenvalue weighted by Gasteiger charge is 2.21. The molecule has 0 aliphatic rings. The number of nitrogens with one attached hydrogen (secondary N) is 1. The van der Waals surface area contributed by atoms with Gasteiger partial charge in [-0.1, -0.05) is 35.5 Å². The Kier molecular flexibility index (Phi) is 4.61. The summed E-state index contributed by atoms with van der Waals surface area (Å²) < 4.78 is 18.6. The molecular weight excluding hydrogens is 357 g/mol. The van der Waals surface area contributed by atoms with Gasteiger partial charge in [0.1, 0.15) is 5.82 Å². The van der Waals surface area contributed by atoms with Crippen molar-refractivity contribution in [3.05, 3.63) is 83.3 Å². The topological polar surface area (TPSA) is 68.0 Å². The van der Waals surface area contributed by atoms with E-state index in [1.807, 2.05) is 37.3 Å². The normalized spacial score (nSPS) is 12.1. The number of hydrogen-bond donors (Lipinski definition) is 1. The summed E-state index contributed by atoms with van der Waals surface area (Å²) in [6.07, 6.45) is 0. The number of aryl methyl sites for hydroxylation is 1. The molecule has 140 valence electrons. The maximum Gasteiger partial charge on any atom is 0.259 e. The number of aromatic nitrogens is 2. The van der Waals surface area contributed by atoms with Gasteiger partial charge in [-0.05, 0) is 49.7 Å². The first-order chi connectivity index (χ1) is 13.5. The molecule has 0 aliphatic carbocycles. The zero-order valence-corrected chi connectivity index (χ0v) is 15.4. The average Bonchev–Trinajstić information content (AvgIpc) is 3.09. The highest BCUT2D eigenvalue weighted by atomic mass is 19.1. The van der Waals surface area contributed by atoms with E-state index in [1.165, 1.54) is 12.1 Å². The number of hydrogen-bond acceptors (Lipinski definition) is 4. The van der Waals surface area contributed by atoms with Crippen molar-refractivity contribution >= 4 is 17.0 Å². The van der Waals surface area contributed by atoms with Crippen LogP contribution in [0.1, 0.15) is 34.6 Å². The number of carbonyl (C=O) groups is 1. The Balaban J connectivity index is 1.75. The Labute approximate surface area is 161 Å². The summed E-state index contributed by atoms with van der Waals surface area (Å²) in [5.74, 6) is -0.589. The Hall–Kier alpha value is -3.54. The third-order valence-electron chi connectivity index (χ3n) is 4.65. The predicted molar refractivity (Wildman–Crippen MR) is 104 cm³/mol. The smallest absolute Gasteiger partial charge is 0.259 e.